The maximum atomic E-state index is 12.6. The molecule has 4 rings (SSSR count). The number of carbonyl (C=O) groups excluding carboxylic acids is 1. The smallest absolute Gasteiger partial charge is 0.219 e. The van der Waals surface area contributed by atoms with Crippen LogP contribution in [0.25, 0.3) is 20.8 Å². The molecule has 0 radical (unpaired) electrons. The second-order valence-corrected chi connectivity index (χ2v) is 11.1. The van der Waals surface area contributed by atoms with Crippen LogP contribution in [-0.2, 0) is 30.3 Å². The Balaban J connectivity index is 1.16. The molecule has 0 unspecified atom stereocenters. The highest BCUT2D eigenvalue weighted by Gasteiger charge is 2.26. The van der Waals surface area contributed by atoms with Crippen molar-refractivity contribution in [3.63, 3.8) is 0 Å². The van der Waals surface area contributed by atoms with Crippen LogP contribution in [0.2, 0.25) is 0 Å². The van der Waals surface area contributed by atoms with Crippen LogP contribution in [0.15, 0.2) is 36.7 Å². The van der Waals surface area contributed by atoms with E-state index in [0.717, 1.165) is 54.1 Å². The van der Waals surface area contributed by atoms with Crippen molar-refractivity contribution >= 4 is 27.5 Å². The predicted molar refractivity (Wildman–Crippen MR) is 158 cm³/mol. The van der Waals surface area contributed by atoms with E-state index in [1.54, 1.807) is 25.4 Å². The summed E-state index contributed by atoms with van der Waals surface area (Å²) in [5.74, 6) is 0.112. The van der Waals surface area contributed by atoms with Gasteiger partial charge in [0.15, 0.2) is 0 Å². The van der Waals surface area contributed by atoms with Crippen molar-refractivity contribution in [3.8, 4) is 10.6 Å². The zero-order chi connectivity index (χ0) is 28.2. The topological polar surface area (TPSA) is 86.2 Å². The van der Waals surface area contributed by atoms with E-state index in [1.807, 2.05) is 23.4 Å². The molecular weight excluding hydrogens is 528 g/mol. The fraction of sp³-hybridized carbons (Fsp3) is 0.567. The highest BCUT2D eigenvalue weighted by atomic mass is 32.1. The van der Waals surface area contributed by atoms with Crippen molar-refractivity contribution in [3.05, 3.63) is 47.8 Å². The van der Waals surface area contributed by atoms with Crippen molar-refractivity contribution in [2.45, 2.75) is 39.3 Å². The van der Waals surface area contributed by atoms with Crippen LogP contribution in [0, 0.1) is 6.92 Å². The highest BCUT2D eigenvalue weighted by molar-refractivity contribution is 7.22. The molecule has 0 saturated carbocycles. The summed E-state index contributed by atoms with van der Waals surface area (Å²) in [7, 11) is 1.66. The summed E-state index contributed by atoms with van der Waals surface area (Å²) < 4.78 is 22.7. The molecule has 1 aliphatic rings. The quantitative estimate of drug-likeness (QED) is 0.237. The van der Waals surface area contributed by atoms with Gasteiger partial charge in [0.2, 0.25) is 5.91 Å². The van der Waals surface area contributed by atoms with Gasteiger partial charge in [-0.05, 0) is 49.1 Å². The summed E-state index contributed by atoms with van der Waals surface area (Å²) in [6, 6.07) is 8.53. The van der Waals surface area contributed by atoms with Crippen LogP contribution in [-0.4, -0.2) is 105 Å². The van der Waals surface area contributed by atoms with E-state index in [1.165, 1.54) is 10.3 Å². The van der Waals surface area contributed by atoms with Gasteiger partial charge >= 0.3 is 0 Å². The minimum Gasteiger partial charge on any atom is -0.382 e. The summed E-state index contributed by atoms with van der Waals surface area (Å²) in [6.07, 6.45) is 5.68. The SMILES string of the molecule is COCCOCCOCCOCCN1CCC(N(Cc2ccc(-c3cc4nccc(C)c4s3)nc2)C(C)=O)CC1. The minimum atomic E-state index is 0.112. The first-order valence-corrected chi connectivity index (χ1v) is 14.9. The number of fused-ring (bicyclic) bond motifs is 1. The molecule has 0 atom stereocenters. The Morgan fingerprint density at radius 1 is 1.00 bits per heavy atom. The number of ether oxygens (including phenoxy) is 4. The minimum absolute atomic E-state index is 0.112. The van der Waals surface area contributed by atoms with Crippen LogP contribution in [0.3, 0.4) is 0 Å². The standard InChI is InChI=1S/C30H42N4O5S/c1-23-6-9-31-28-20-29(40-30(23)28)27-5-4-25(21-32-27)22-34(24(2)35)26-7-10-33(11-8-26)12-13-37-16-17-39-19-18-38-15-14-36-3/h4-6,9,20-21,26H,7-8,10-19,22H2,1-3H3. The fourth-order valence-electron chi connectivity index (χ4n) is 4.88. The molecule has 10 heteroatoms. The zero-order valence-electron chi connectivity index (χ0n) is 24.0. The number of aryl methyl sites for hydroxylation is 1. The molecule has 1 saturated heterocycles. The summed E-state index contributed by atoms with van der Waals surface area (Å²) in [5, 5.41) is 0. The Hall–Kier alpha value is -2.47. The van der Waals surface area contributed by atoms with Gasteiger partial charge in [-0.15, -0.1) is 11.3 Å². The molecule has 1 fully saturated rings. The van der Waals surface area contributed by atoms with Gasteiger partial charge < -0.3 is 28.7 Å². The molecule has 0 N–H and O–H groups in total. The van der Waals surface area contributed by atoms with Crippen LogP contribution in [0.4, 0.5) is 0 Å². The van der Waals surface area contributed by atoms with E-state index in [0.29, 0.717) is 52.8 Å². The molecule has 0 aromatic carbocycles. The third-order valence-corrected chi connectivity index (χ3v) is 8.45. The van der Waals surface area contributed by atoms with Crippen molar-refractivity contribution < 1.29 is 23.7 Å². The molecule has 0 aliphatic carbocycles. The number of aromatic nitrogens is 2. The van der Waals surface area contributed by atoms with Gasteiger partial charge in [-0.25, -0.2) is 0 Å². The Morgan fingerprint density at radius 2 is 1.70 bits per heavy atom. The Labute approximate surface area is 241 Å². The van der Waals surface area contributed by atoms with Gasteiger partial charge in [-0.1, -0.05) is 6.07 Å². The Bertz CT molecular complexity index is 1180. The number of pyridine rings is 2. The number of methoxy groups -OCH3 is 1. The number of piperidine rings is 1. The third kappa shape index (κ3) is 9.02. The lowest BCUT2D eigenvalue weighted by atomic mass is 10.0. The van der Waals surface area contributed by atoms with Crippen LogP contribution in [0.1, 0.15) is 30.9 Å². The number of hydrogen-bond donors (Lipinski definition) is 0. The van der Waals surface area contributed by atoms with Crippen LogP contribution < -0.4 is 0 Å². The molecule has 218 valence electrons. The highest BCUT2D eigenvalue weighted by Crippen LogP contribution is 2.33. The lowest BCUT2D eigenvalue weighted by molar-refractivity contribution is -0.132. The summed E-state index contributed by atoms with van der Waals surface area (Å²) >= 11 is 1.72. The molecule has 0 spiro atoms. The Kier molecular flexibility index (Phi) is 12.3. The first kappa shape index (κ1) is 30.5. The molecule has 0 bridgehead atoms. The maximum absolute atomic E-state index is 12.6. The number of likely N-dealkylation sites (tertiary alicyclic amines) is 1. The monoisotopic (exact) mass is 570 g/mol. The van der Waals surface area contributed by atoms with E-state index in [9.17, 15) is 4.79 Å². The molecule has 1 amide bonds. The average molecular weight is 571 g/mol. The summed E-state index contributed by atoms with van der Waals surface area (Å²) in [4.78, 5) is 27.3. The molecule has 9 nitrogen and oxygen atoms in total. The maximum Gasteiger partial charge on any atom is 0.219 e. The van der Waals surface area contributed by atoms with Crippen LogP contribution >= 0.6 is 11.3 Å². The second kappa shape index (κ2) is 16.1. The van der Waals surface area contributed by atoms with Crippen molar-refractivity contribution in [2.24, 2.45) is 0 Å². The van der Waals surface area contributed by atoms with Crippen molar-refractivity contribution in [1.29, 1.82) is 0 Å². The van der Waals surface area contributed by atoms with E-state index < -0.39 is 0 Å². The number of thiophene rings is 1. The summed E-state index contributed by atoms with van der Waals surface area (Å²) in [6.45, 7) is 11.3. The number of amides is 1. The molecule has 4 heterocycles. The zero-order valence-corrected chi connectivity index (χ0v) is 24.8. The van der Waals surface area contributed by atoms with E-state index in [-0.39, 0.29) is 11.9 Å². The molecule has 3 aromatic heterocycles. The molecule has 3 aromatic rings. The number of rotatable bonds is 16. The van der Waals surface area contributed by atoms with Gasteiger partial charge in [-0.2, -0.15) is 0 Å². The van der Waals surface area contributed by atoms with E-state index in [4.69, 9.17) is 23.9 Å². The second-order valence-electron chi connectivity index (χ2n) is 10.1. The summed E-state index contributed by atoms with van der Waals surface area (Å²) in [5.41, 5.74) is 4.23. The van der Waals surface area contributed by atoms with Gasteiger partial charge in [0, 0.05) is 58.6 Å². The largest absolute Gasteiger partial charge is 0.382 e. The van der Waals surface area contributed by atoms with Crippen molar-refractivity contribution in [1.82, 2.24) is 19.8 Å². The number of hydrogen-bond acceptors (Lipinski definition) is 9. The molecule has 40 heavy (non-hydrogen) atoms. The van der Waals surface area contributed by atoms with Gasteiger partial charge in [0.1, 0.15) is 0 Å². The normalized spacial score (nSPS) is 14.7. The Morgan fingerprint density at radius 3 is 2.33 bits per heavy atom. The third-order valence-electron chi connectivity index (χ3n) is 7.17. The van der Waals surface area contributed by atoms with Crippen LogP contribution in [0.5, 0.6) is 0 Å². The number of carbonyl (C=O) groups is 1. The van der Waals surface area contributed by atoms with Gasteiger partial charge in [-0.3, -0.25) is 14.8 Å². The lowest BCUT2D eigenvalue weighted by Gasteiger charge is -2.38. The first-order chi connectivity index (χ1) is 19.5. The predicted octanol–water partition coefficient (Wildman–Crippen LogP) is 4.18. The number of nitrogens with zero attached hydrogens (tertiary/aromatic N) is 4. The first-order valence-electron chi connectivity index (χ1n) is 14.1. The fourth-order valence-corrected chi connectivity index (χ4v) is 5.94. The molecular formula is C30H42N4O5S. The average Bonchev–Trinajstić information content (AvgIpc) is 3.41. The lowest BCUT2D eigenvalue weighted by Crippen LogP contribution is -2.47. The van der Waals surface area contributed by atoms with E-state index in [2.05, 4.69) is 35.0 Å². The van der Waals surface area contributed by atoms with E-state index >= 15 is 0 Å². The van der Waals surface area contributed by atoms with Gasteiger partial charge in [0.25, 0.3) is 0 Å². The molecule has 1 aliphatic heterocycles. The van der Waals surface area contributed by atoms with Gasteiger partial charge in [0.05, 0.1) is 67.0 Å². The van der Waals surface area contributed by atoms with Crippen molar-refractivity contribution in [2.75, 3.05) is 73.0 Å².